The van der Waals surface area contributed by atoms with Crippen LogP contribution in [0.25, 0.3) is 0 Å². The van der Waals surface area contributed by atoms with E-state index in [0.717, 1.165) is 28.6 Å². The molecule has 1 rings (SSSR count). The first-order chi connectivity index (χ1) is 7.69. The molecule has 1 atom stereocenters. The fourth-order valence-electron chi connectivity index (χ4n) is 1.49. The zero-order valence-electron chi connectivity index (χ0n) is 9.92. The van der Waals surface area contributed by atoms with E-state index in [1.165, 1.54) is 0 Å². The van der Waals surface area contributed by atoms with Crippen LogP contribution in [0.5, 0.6) is 5.75 Å². The van der Waals surface area contributed by atoms with E-state index in [2.05, 4.69) is 18.5 Å². The Morgan fingerprint density at radius 3 is 2.88 bits per heavy atom. The Labute approximate surface area is 107 Å². The van der Waals surface area contributed by atoms with Crippen molar-refractivity contribution in [2.24, 2.45) is 0 Å². The van der Waals surface area contributed by atoms with Gasteiger partial charge in [-0.15, -0.1) is 0 Å². The summed E-state index contributed by atoms with van der Waals surface area (Å²) in [5.41, 5.74) is 1.03. The maximum Gasteiger partial charge on any atom is 0.124 e. The maximum absolute atomic E-state index is 6.14. The van der Waals surface area contributed by atoms with Gasteiger partial charge in [0.2, 0.25) is 0 Å². The molecule has 0 fully saturated rings. The summed E-state index contributed by atoms with van der Waals surface area (Å²) in [4.78, 5) is 0. The number of hydrogen-bond acceptors (Lipinski definition) is 3. The number of methoxy groups -OCH3 is 1. The molecule has 0 aliphatic carbocycles. The Balaban J connectivity index is 2.65. The lowest BCUT2D eigenvalue weighted by molar-refractivity contribution is 0.406. The van der Waals surface area contributed by atoms with Gasteiger partial charge in [-0.25, -0.2) is 0 Å². The first kappa shape index (κ1) is 13.7. The topological polar surface area (TPSA) is 21.3 Å². The number of benzene rings is 1. The van der Waals surface area contributed by atoms with Crippen LogP contribution in [0.2, 0.25) is 5.02 Å². The highest BCUT2D eigenvalue weighted by Crippen LogP contribution is 2.25. The molecule has 0 aliphatic heterocycles. The lowest BCUT2D eigenvalue weighted by atomic mass is 10.2. The number of nitrogens with one attached hydrogen (secondary N) is 1. The van der Waals surface area contributed by atoms with Crippen molar-refractivity contribution in [1.29, 1.82) is 0 Å². The number of thioether (sulfide) groups is 1. The molecule has 0 saturated carbocycles. The lowest BCUT2D eigenvalue weighted by Crippen LogP contribution is -2.27. The Bertz CT molecular complexity index is 333. The molecule has 4 heteroatoms. The highest BCUT2D eigenvalue weighted by molar-refractivity contribution is 7.98. The minimum absolute atomic E-state index is 0.468. The number of rotatable bonds is 6. The third-order valence-electron chi connectivity index (χ3n) is 2.34. The Hall–Kier alpha value is -0.380. The molecule has 0 radical (unpaired) electrons. The van der Waals surface area contributed by atoms with Crippen molar-refractivity contribution >= 4 is 23.4 Å². The van der Waals surface area contributed by atoms with Crippen molar-refractivity contribution in [3.8, 4) is 5.75 Å². The van der Waals surface area contributed by atoms with Crippen LogP contribution in [-0.2, 0) is 6.54 Å². The van der Waals surface area contributed by atoms with Gasteiger partial charge >= 0.3 is 0 Å². The van der Waals surface area contributed by atoms with Crippen LogP contribution < -0.4 is 10.1 Å². The van der Waals surface area contributed by atoms with Crippen molar-refractivity contribution in [3.05, 3.63) is 28.8 Å². The molecule has 0 spiro atoms. The Morgan fingerprint density at radius 1 is 1.50 bits per heavy atom. The van der Waals surface area contributed by atoms with Gasteiger partial charge in [0, 0.05) is 28.9 Å². The minimum Gasteiger partial charge on any atom is -0.496 e. The summed E-state index contributed by atoms with van der Waals surface area (Å²) < 4.78 is 5.29. The van der Waals surface area contributed by atoms with Crippen LogP contribution >= 0.6 is 23.4 Å². The summed E-state index contributed by atoms with van der Waals surface area (Å²) in [6.07, 6.45) is 2.11. The molecule has 0 bridgehead atoms. The van der Waals surface area contributed by atoms with Gasteiger partial charge in [0.1, 0.15) is 5.75 Å². The van der Waals surface area contributed by atoms with Gasteiger partial charge in [0.25, 0.3) is 0 Å². The fraction of sp³-hybridized carbons (Fsp3) is 0.500. The van der Waals surface area contributed by atoms with Crippen LogP contribution in [0.1, 0.15) is 12.5 Å². The van der Waals surface area contributed by atoms with Crippen LogP contribution in [0, 0.1) is 0 Å². The molecule has 1 N–H and O–H groups in total. The third-order valence-corrected chi connectivity index (χ3v) is 3.53. The second kappa shape index (κ2) is 7.05. The van der Waals surface area contributed by atoms with Gasteiger partial charge in [-0.2, -0.15) is 11.8 Å². The smallest absolute Gasteiger partial charge is 0.124 e. The molecule has 0 saturated heterocycles. The largest absolute Gasteiger partial charge is 0.496 e. The summed E-state index contributed by atoms with van der Waals surface area (Å²) >= 11 is 7.98. The van der Waals surface area contributed by atoms with Gasteiger partial charge in [-0.3, -0.25) is 0 Å². The average molecular weight is 260 g/mol. The predicted molar refractivity (Wildman–Crippen MR) is 72.7 cm³/mol. The van der Waals surface area contributed by atoms with Crippen molar-refractivity contribution in [1.82, 2.24) is 5.32 Å². The first-order valence-corrected chi connectivity index (χ1v) is 7.00. The van der Waals surface area contributed by atoms with Crippen molar-refractivity contribution in [3.63, 3.8) is 0 Å². The molecule has 0 aromatic heterocycles. The highest BCUT2D eigenvalue weighted by atomic mass is 35.5. The number of halogens is 1. The van der Waals surface area contributed by atoms with Crippen molar-refractivity contribution in [2.75, 3.05) is 19.1 Å². The molecule has 1 aromatic rings. The third kappa shape index (κ3) is 3.89. The number of hydrogen-bond donors (Lipinski definition) is 1. The summed E-state index contributed by atoms with van der Waals surface area (Å²) in [6.45, 7) is 2.91. The van der Waals surface area contributed by atoms with Gasteiger partial charge in [-0.1, -0.05) is 17.7 Å². The predicted octanol–water partition coefficient (Wildman–Crippen LogP) is 3.19. The highest BCUT2D eigenvalue weighted by Gasteiger charge is 2.08. The maximum atomic E-state index is 6.14. The van der Waals surface area contributed by atoms with Crippen LogP contribution in [-0.4, -0.2) is 25.2 Å². The van der Waals surface area contributed by atoms with Crippen LogP contribution in [0.15, 0.2) is 18.2 Å². The zero-order chi connectivity index (χ0) is 12.0. The molecule has 0 aliphatic rings. The average Bonchev–Trinajstić information content (AvgIpc) is 2.27. The molecular weight excluding hydrogens is 242 g/mol. The van der Waals surface area contributed by atoms with Gasteiger partial charge in [-0.05, 0) is 25.3 Å². The molecule has 2 nitrogen and oxygen atoms in total. The summed E-state index contributed by atoms with van der Waals surface area (Å²) in [5, 5.41) is 4.18. The second-order valence-electron chi connectivity index (χ2n) is 3.66. The Kier molecular flexibility index (Phi) is 6.03. The van der Waals surface area contributed by atoms with E-state index in [4.69, 9.17) is 16.3 Å². The van der Waals surface area contributed by atoms with E-state index in [9.17, 15) is 0 Å². The second-order valence-corrected chi connectivity index (χ2v) is 4.98. The SMILES string of the molecule is COc1cccc(Cl)c1CNC(C)CSC. The fourth-order valence-corrected chi connectivity index (χ4v) is 2.34. The Morgan fingerprint density at radius 2 is 2.25 bits per heavy atom. The van der Waals surface area contributed by atoms with Gasteiger partial charge in [0.05, 0.1) is 7.11 Å². The molecule has 1 aromatic carbocycles. The number of ether oxygens (including phenoxy) is 1. The quantitative estimate of drug-likeness (QED) is 0.848. The van der Waals surface area contributed by atoms with Crippen molar-refractivity contribution in [2.45, 2.75) is 19.5 Å². The van der Waals surface area contributed by atoms with Crippen LogP contribution in [0.4, 0.5) is 0 Å². The van der Waals surface area contributed by atoms with Gasteiger partial charge in [0.15, 0.2) is 0 Å². The van der Waals surface area contributed by atoms with E-state index in [0.29, 0.717) is 6.04 Å². The van der Waals surface area contributed by atoms with E-state index >= 15 is 0 Å². The zero-order valence-corrected chi connectivity index (χ0v) is 11.5. The molecule has 90 valence electrons. The van der Waals surface area contributed by atoms with Crippen molar-refractivity contribution < 1.29 is 4.74 Å². The minimum atomic E-state index is 0.468. The molecular formula is C12H18ClNOS. The van der Waals surface area contributed by atoms with E-state index in [1.54, 1.807) is 7.11 Å². The summed E-state index contributed by atoms with van der Waals surface area (Å²) in [7, 11) is 1.67. The monoisotopic (exact) mass is 259 g/mol. The lowest BCUT2D eigenvalue weighted by Gasteiger charge is -2.15. The molecule has 0 amide bonds. The molecule has 0 heterocycles. The summed E-state index contributed by atoms with van der Waals surface area (Å²) in [5.74, 6) is 1.93. The normalized spacial score (nSPS) is 12.5. The standard InChI is InChI=1S/C12H18ClNOS/c1-9(8-16-3)14-7-10-11(13)5-4-6-12(10)15-2/h4-6,9,14H,7-8H2,1-3H3. The first-order valence-electron chi connectivity index (χ1n) is 5.22. The van der Waals surface area contributed by atoms with Crippen LogP contribution in [0.3, 0.4) is 0 Å². The van der Waals surface area contributed by atoms with E-state index in [-0.39, 0.29) is 0 Å². The summed E-state index contributed by atoms with van der Waals surface area (Å²) in [6, 6.07) is 6.19. The molecule has 1 unspecified atom stereocenters. The van der Waals surface area contributed by atoms with E-state index < -0.39 is 0 Å². The van der Waals surface area contributed by atoms with Gasteiger partial charge < -0.3 is 10.1 Å². The molecule has 16 heavy (non-hydrogen) atoms. The van der Waals surface area contributed by atoms with E-state index in [1.807, 2.05) is 30.0 Å².